The summed E-state index contributed by atoms with van der Waals surface area (Å²) in [6.45, 7) is 1.81. The molecule has 3 nitrogen and oxygen atoms in total. The highest BCUT2D eigenvalue weighted by Crippen LogP contribution is 2.07. The molecular formula is C10H8N2O. The monoisotopic (exact) mass is 172 g/mol. The van der Waals surface area contributed by atoms with Gasteiger partial charge in [0.2, 0.25) is 0 Å². The van der Waals surface area contributed by atoms with E-state index in [2.05, 4.69) is 4.98 Å². The molecule has 0 amide bonds. The Morgan fingerprint density at radius 1 is 1.62 bits per heavy atom. The van der Waals surface area contributed by atoms with Crippen LogP contribution in [0.4, 0.5) is 0 Å². The topological polar surface area (TPSA) is 53.8 Å². The van der Waals surface area contributed by atoms with Gasteiger partial charge in [-0.3, -0.25) is 4.79 Å². The molecule has 0 fully saturated rings. The summed E-state index contributed by atoms with van der Waals surface area (Å²) in [4.78, 5) is 13.9. The normalized spacial score (nSPS) is 9.85. The van der Waals surface area contributed by atoms with Gasteiger partial charge in [-0.1, -0.05) is 6.08 Å². The lowest BCUT2D eigenvalue weighted by molar-refractivity contribution is -0.104. The predicted octanol–water partition coefficient (Wildman–Crippen LogP) is 1.47. The van der Waals surface area contributed by atoms with Crippen molar-refractivity contribution in [1.29, 1.82) is 5.26 Å². The first-order valence-corrected chi connectivity index (χ1v) is 3.76. The summed E-state index contributed by atoms with van der Waals surface area (Å²) in [7, 11) is 0. The second-order valence-electron chi connectivity index (χ2n) is 2.54. The number of rotatable bonds is 2. The summed E-state index contributed by atoms with van der Waals surface area (Å²) < 4.78 is 0. The summed E-state index contributed by atoms with van der Waals surface area (Å²) in [6, 6.07) is 3.78. The highest BCUT2D eigenvalue weighted by atomic mass is 16.1. The van der Waals surface area contributed by atoms with E-state index in [0.717, 1.165) is 11.1 Å². The predicted molar refractivity (Wildman–Crippen MR) is 48.8 cm³/mol. The molecule has 1 rings (SSSR count). The number of carbonyl (C=O) groups is 1. The summed E-state index contributed by atoms with van der Waals surface area (Å²) in [5.74, 6) is 0. The lowest BCUT2D eigenvalue weighted by Crippen LogP contribution is -1.88. The molecule has 0 saturated carbocycles. The van der Waals surface area contributed by atoms with Gasteiger partial charge in [-0.25, -0.2) is 4.98 Å². The van der Waals surface area contributed by atoms with Crippen LogP contribution in [-0.4, -0.2) is 11.3 Å². The molecule has 0 N–H and O–H groups in total. The number of nitrogens with zero attached hydrogens (tertiary/aromatic N) is 2. The smallest absolute Gasteiger partial charge is 0.143 e. The van der Waals surface area contributed by atoms with Gasteiger partial charge in [-0.15, -0.1) is 0 Å². The van der Waals surface area contributed by atoms with Crippen LogP contribution in [-0.2, 0) is 4.79 Å². The maximum Gasteiger partial charge on any atom is 0.143 e. The van der Waals surface area contributed by atoms with Crippen molar-refractivity contribution < 1.29 is 4.79 Å². The zero-order valence-corrected chi connectivity index (χ0v) is 7.19. The fraction of sp³-hybridized carbons (Fsp3) is 0.100. The van der Waals surface area contributed by atoms with Crippen molar-refractivity contribution in [2.24, 2.45) is 0 Å². The molecule has 0 aliphatic rings. The van der Waals surface area contributed by atoms with Crippen molar-refractivity contribution in [3.05, 3.63) is 35.2 Å². The molecule has 0 aliphatic carbocycles. The number of aldehydes is 1. The first-order valence-electron chi connectivity index (χ1n) is 3.76. The van der Waals surface area contributed by atoms with Crippen LogP contribution < -0.4 is 0 Å². The molecular weight excluding hydrogens is 164 g/mol. The van der Waals surface area contributed by atoms with E-state index >= 15 is 0 Å². The van der Waals surface area contributed by atoms with Crippen LogP contribution in [0.3, 0.4) is 0 Å². The summed E-state index contributed by atoms with van der Waals surface area (Å²) in [6.07, 6.45) is 5.30. The van der Waals surface area contributed by atoms with Crippen LogP contribution in [0.25, 0.3) is 6.08 Å². The molecule has 0 bridgehead atoms. The first-order chi connectivity index (χ1) is 6.27. The number of carbonyl (C=O) groups excluding carboxylic acids is 1. The third kappa shape index (κ3) is 2.24. The van der Waals surface area contributed by atoms with Crippen LogP contribution >= 0.6 is 0 Å². The first kappa shape index (κ1) is 9.14. The lowest BCUT2D eigenvalue weighted by Gasteiger charge is -1.96. The average molecular weight is 172 g/mol. The Morgan fingerprint density at radius 2 is 2.38 bits per heavy atom. The van der Waals surface area contributed by atoms with Crippen molar-refractivity contribution in [3.63, 3.8) is 0 Å². The van der Waals surface area contributed by atoms with E-state index in [0.29, 0.717) is 12.0 Å². The van der Waals surface area contributed by atoms with E-state index in [1.807, 2.05) is 19.1 Å². The van der Waals surface area contributed by atoms with Gasteiger partial charge in [-0.2, -0.15) is 5.26 Å². The molecule has 0 saturated heterocycles. The van der Waals surface area contributed by atoms with Crippen molar-refractivity contribution >= 4 is 12.4 Å². The zero-order valence-electron chi connectivity index (χ0n) is 7.19. The van der Waals surface area contributed by atoms with Crippen molar-refractivity contribution in [3.8, 4) is 6.07 Å². The fourth-order valence-corrected chi connectivity index (χ4v) is 0.955. The quantitative estimate of drug-likeness (QED) is 0.501. The summed E-state index contributed by atoms with van der Waals surface area (Å²) in [5.41, 5.74) is 2.06. The molecule has 1 aromatic heterocycles. The van der Waals surface area contributed by atoms with Gasteiger partial charge >= 0.3 is 0 Å². The van der Waals surface area contributed by atoms with Crippen molar-refractivity contribution in [2.75, 3.05) is 0 Å². The zero-order chi connectivity index (χ0) is 9.68. The SMILES string of the molecule is Cc1cc(C=CC=O)cnc1C#N. The molecule has 0 radical (unpaired) electrons. The molecule has 13 heavy (non-hydrogen) atoms. The highest BCUT2D eigenvalue weighted by Gasteiger charge is 1.97. The van der Waals surface area contributed by atoms with Crippen LogP contribution in [0.1, 0.15) is 16.8 Å². The van der Waals surface area contributed by atoms with E-state index in [1.165, 1.54) is 6.08 Å². The van der Waals surface area contributed by atoms with Gasteiger partial charge < -0.3 is 0 Å². The lowest BCUT2D eigenvalue weighted by atomic mass is 10.1. The number of allylic oxidation sites excluding steroid dienone is 1. The van der Waals surface area contributed by atoms with Crippen LogP contribution in [0.2, 0.25) is 0 Å². The third-order valence-electron chi connectivity index (χ3n) is 1.57. The van der Waals surface area contributed by atoms with Crippen LogP contribution in [0.5, 0.6) is 0 Å². The molecule has 3 heteroatoms. The van der Waals surface area contributed by atoms with Crippen molar-refractivity contribution in [2.45, 2.75) is 6.92 Å². The maximum atomic E-state index is 10.0. The molecule has 0 spiro atoms. The minimum atomic E-state index is 0.420. The molecule has 1 heterocycles. The highest BCUT2D eigenvalue weighted by molar-refractivity contribution is 5.73. The van der Waals surface area contributed by atoms with Crippen LogP contribution in [0, 0.1) is 18.3 Å². The standard InChI is InChI=1S/C10H8N2O/c1-8-5-9(3-2-4-13)7-12-10(8)6-11/h2-5,7H,1H3. The number of pyridine rings is 1. The molecule has 1 aromatic rings. The van der Waals surface area contributed by atoms with Gasteiger partial charge in [-0.05, 0) is 30.2 Å². The minimum absolute atomic E-state index is 0.420. The molecule has 0 aliphatic heterocycles. The Morgan fingerprint density at radius 3 is 2.92 bits per heavy atom. The second kappa shape index (κ2) is 4.17. The number of hydrogen-bond donors (Lipinski definition) is 0. The largest absolute Gasteiger partial charge is 0.299 e. The average Bonchev–Trinajstić information content (AvgIpc) is 2.15. The molecule has 0 atom stereocenters. The van der Waals surface area contributed by atoms with E-state index in [1.54, 1.807) is 12.3 Å². The molecule has 0 unspecified atom stereocenters. The number of nitriles is 1. The van der Waals surface area contributed by atoms with E-state index in [9.17, 15) is 4.79 Å². The Balaban J connectivity index is 3.04. The number of aromatic nitrogens is 1. The maximum absolute atomic E-state index is 10.0. The van der Waals surface area contributed by atoms with Gasteiger partial charge in [0.05, 0.1) is 0 Å². The Labute approximate surface area is 76.3 Å². The molecule has 64 valence electrons. The Hall–Kier alpha value is -1.95. The minimum Gasteiger partial charge on any atom is -0.299 e. The number of hydrogen-bond acceptors (Lipinski definition) is 3. The van der Waals surface area contributed by atoms with E-state index in [4.69, 9.17) is 5.26 Å². The van der Waals surface area contributed by atoms with Gasteiger partial charge in [0.15, 0.2) is 0 Å². The number of aryl methyl sites for hydroxylation is 1. The van der Waals surface area contributed by atoms with Gasteiger partial charge in [0.25, 0.3) is 0 Å². The second-order valence-corrected chi connectivity index (χ2v) is 2.54. The Kier molecular flexibility index (Phi) is 2.93. The van der Waals surface area contributed by atoms with E-state index in [-0.39, 0.29) is 0 Å². The van der Waals surface area contributed by atoms with Crippen LogP contribution in [0.15, 0.2) is 18.3 Å². The summed E-state index contributed by atoms with van der Waals surface area (Å²) >= 11 is 0. The van der Waals surface area contributed by atoms with Gasteiger partial charge in [0.1, 0.15) is 18.0 Å². The van der Waals surface area contributed by atoms with Gasteiger partial charge in [0, 0.05) is 6.20 Å². The van der Waals surface area contributed by atoms with E-state index < -0.39 is 0 Å². The summed E-state index contributed by atoms with van der Waals surface area (Å²) in [5, 5.41) is 8.60. The fourth-order valence-electron chi connectivity index (χ4n) is 0.955. The Bertz CT molecular complexity index is 388. The van der Waals surface area contributed by atoms with Crippen molar-refractivity contribution in [1.82, 2.24) is 4.98 Å². The molecule has 0 aromatic carbocycles. The third-order valence-corrected chi connectivity index (χ3v) is 1.57.